The van der Waals surface area contributed by atoms with Crippen molar-refractivity contribution in [2.75, 3.05) is 0 Å². The zero-order valence-corrected chi connectivity index (χ0v) is 11.1. The molecule has 0 unspecified atom stereocenters. The predicted molar refractivity (Wildman–Crippen MR) is 71.9 cm³/mol. The third-order valence-corrected chi connectivity index (χ3v) is 3.46. The highest BCUT2D eigenvalue weighted by atomic mass is 35.5. The number of hydrogen-bond donors (Lipinski definition) is 0. The van der Waals surface area contributed by atoms with E-state index in [0.29, 0.717) is 5.92 Å². The Morgan fingerprint density at radius 1 is 1.28 bits per heavy atom. The van der Waals surface area contributed by atoms with Crippen molar-refractivity contribution >= 4 is 23.3 Å². The molecular weight excluding hydrogens is 250 g/mol. The average molecular weight is 266 g/mol. The summed E-state index contributed by atoms with van der Waals surface area (Å²) in [5.74, 6) is 0.195. The molecule has 3 nitrogen and oxygen atoms in total. The van der Waals surface area contributed by atoms with Gasteiger partial charge < -0.3 is 4.84 Å². The summed E-state index contributed by atoms with van der Waals surface area (Å²) in [5, 5.41) is 4.64. The third-order valence-electron chi connectivity index (χ3n) is 3.21. The fourth-order valence-electron chi connectivity index (χ4n) is 2.24. The summed E-state index contributed by atoms with van der Waals surface area (Å²) < 4.78 is 0. The monoisotopic (exact) mass is 265 g/mol. The molecule has 1 aromatic rings. The molecule has 0 bridgehead atoms. The van der Waals surface area contributed by atoms with Crippen LogP contribution in [0.1, 0.15) is 44.1 Å². The summed E-state index contributed by atoms with van der Waals surface area (Å²) in [4.78, 5) is 15.3. The zero-order valence-electron chi connectivity index (χ0n) is 10.4. The van der Waals surface area contributed by atoms with Crippen LogP contribution in [-0.4, -0.2) is 11.7 Å². The Labute approximate surface area is 112 Å². The summed E-state index contributed by atoms with van der Waals surface area (Å²) in [6, 6.07) is 8.03. The molecule has 0 heterocycles. The maximum absolute atomic E-state index is 10.7. The predicted octanol–water partition coefficient (Wildman–Crippen LogP) is 3.92. The van der Waals surface area contributed by atoms with Gasteiger partial charge in [0.1, 0.15) is 0 Å². The fourth-order valence-corrected chi connectivity index (χ4v) is 2.37. The van der Waals surface area contributed by atoms with Crippen molar-refractivity contribution in [2.45, 2.75) is 38.5 Å². The van der Waals surface area contributed by atoms with E-state index in [1.54, 1.807) is 0 Å². The molecular formula is C14H16ClNO2. The molecule has 0 amide bonds. The number of nitrogens with zero attached hydrogens (tertiary/aromatic N) is 1. The Balaban J connectivity index is 1.92. The van der Waals surface area contributed by atoms with E-state index in [4.69, 9.17) is 11.6 Å². The summed E-state index contributed by atoms with van der Waals surface area (Å²) in [6.07, 6.45) is 3.87. The Hall–Kier alpha value is -1.35. The molecule has 0 saturated heterocycles. The van der Waals surface area contributed by atoms with Crippen LogP contribution >= 0.6 is 11.6 Å². The minimum atomic E-state index is -0.359. The van der Waals surface area contributed by atoms with Crippen LogP contribution in [0.3, 0.4) is 0 Å². The second-order valence-corrected chi connectivity index (χ2v) is 5.00. The maximum Gasteiger partial charge on any atom is 0.331 e. The molecule has 0 aliphatic heterocycles. The summed E-state index contributed by atoms with van der Waals surface area (Å²) >= 11 is 5.88. The van der Waals surface area contributed by atoms with E-state index in [1.165, 1.54) is 12.5 Å². The lowest BCUT2D eigenvalue weighted by Crippen LogP contribution is -2.13. The third kappa shape index (κ3) is 3.57. The molecule has 0 radical (unpaired) electrons. The quantitative estimate of drug-likeness (QED) is 0.601. The van der Waals surface area contributed by atoms with E-state index >= 15 is 0 Å². The largest absolute Gasteiger partial charge is 0.331 e. The van der Waals surface area contributed by atoms with Crippen LogP contribution in [0.2, 0.25) is 5.02 Å². The average Bonchev–Trinajstić information content (AvgIpc) is 2.38. The first-order chi connectivity index (χ1) is 8.65. The zero-order chi connectivity index (χ0) is 13.0. The van der Waals surface area contributed by atoms with Gasteiger partial charge in [-0.2, -0.15) is 0 Å². The molecule has 0 N–H and O–H groups in total. The van der Waals surface area contributed by atoms with Crippen molar-refractivity contribution in [2.24, 2.45) is 5.16 Å². The van der Waals surface area contributed by atoms with Crippen molar-refractivity contribution < 1.29 is 9.63 Å². The summed E-state index contributed by atoms with van der Waals surface area (Å²) in [7, 11) is 0. The smallest absolute Gasteiger partial charge is 0.319 e. The molecule has 0 spiro atoms. The molecule has 0 atom stereocenters. The minimum Gasteiger partial charge on any atom is -0.319 e. The Morgan fingerprint density at radius 3 is 2.44 bits per heavy atom. The topological polar surface area (TPSA) is 38.7 Å². The van der Waals surface area contributed by atoms with E-state index in [0.717, 1.165) is 36.4 Å². The van der Waals surface area contributed by atoms with Crippen LogP contribution in [0, 0.1) is 0 Å². The van der Waals surface area contributed by atoms with Gasteiger partial charge in [-0.1, -0.05) is 28.9 Å². The first-order valence-corrected chi connectivity index (χ1v) is 6.52. The van der Waals surface area contributed by atoms with Gasteiger partial charge in [0.25, 0.3) is 0 Å². The molecule has 18 heavy (non-hydrogen) atoms. The van der Waals surface area contributed by atoms with Gasteiger partial charge in [0.15, 0.2) is 0 Å². The van der Waals surface area contributed by atoms with E-state index in [9.17, 15) is 4.79 Å². The van der Waals surface area contributed by atoms with Gasteiger partial charge in [-0.3, -0.25) is 0 Å². The van der Waals surface area contributed by atoms with Gasteiger partial charge >= 0.3 is 5.97 Å². The summed E-state index contributed by atoms with van der Waals surface area (Å²) in [5.41, 5.74) is 2.31. The molecule has 2 rings (SSSR count). The number of benzene rings is 1. The van der Waals surface area contributed by atoms with Gasteiger partial charge in [0.05, 0.1) is 5.71 Å². The number of oxime groups is 1. The fraction of sp³-hybridized carbons (Fsp3) is 0.429. The van der Waals surface area contributed by atoms with Crippen LogP contribution in [0.4, 0.5) is 0 Å². The van der Waals surface area contributed by atoms with Crippen molar-refractivity contribution in [1.29, 1.82) is 0 Å². The van der Waals surface area contributed by atoms with E-state index < -0.39 is 0 Å². The SMILES string of the molecule is CC(=O)ON=C1CCC(c2ccc(Cl)cc2)CC1. The van der Waals surface area contributed by atoms with Crippen molar-refractivity contribution in [3.05, 3.63) is 34.9 Å². The Kier molecular flexibility index (Phi) is 4.37. The second-order valence-electron chi connectivity index (χ2n) is 4.57. The van der Waals surface area contributed by atoms with Crippen LogP contribution < -0.4 is 0 Å². The molecule has 0 aromatic heterocycles. The van der Waals surface area contributed by atoms with Crippen LogP contribution in [0.15, 0.2) is 29.4 Å². The molecule has 1 saturated carbocycles. The second kappa shape index (κ2) is 6.01. The van der Waals surface area contributed by atoms with Gasteiger partial charge in [0, 0.05) is 11.9 Å². The first kappa shape index (κ1) is 13.1. The number of carbonyl (C=O) groups excluding carboxylic acids is 1. The van der Waals surface area contributed by atoms with Crippen molar-refractivity contribution in [1.82, 2.24) is 0 Å². The first-order valence-electron chi connectivity index (χ1n) is 6.14. The van der Waals surface area contributed by atoms with Crippen molar-refractivity contribution in [3.8, 4) is 0 Å². The van der Waals surface area contributed by atoms with Gasteiger partial charge in [-0.15, -0.1) is 0 Å². The van der Waals surface area contributed by atoms with Gasteiger partial charge in [0.2, 0.25) is 0 Å². The normalized spacial score (nSPS) is 19.4. The number of carbonyl (C=O) groups is 1. The maximum atomic E-state index is 10.7. The van der Waals surface area contributed by atoms with Gasteiger partial charge in [-0.05, 0) is 49.3 Å². The molecule has 1 aliphatic rings. The highest BCUT2D eigenvalue weighted by Crippen LogP contribution is 2.32. The highest BCUT2D eigenvalue weighted by molar-refractivity contribution is 6.30. The number of halogens is 1. The lowest BCUT2D eigenvalue weighted by atomic mass is 9.83. The van der Waals surface area contributed by atoms with Crippen LogP contribution in [-0.2, 0) is 9.63 Å². The molecule has 4 heteroatoms. The van der Waals surface area contributed by atoms with E-state index in [1.807, 2.05) is 12.1 Å². The molecule has 1 fully saturated rings. The summed E-state index contributed by atoms with van der Waals surface area (Å²) in [6.45, 7) is 1.36. The van der Waals surface area contributed by atoms with E-state index in [-0.39, 0.29) is 5.97 Å². The lowest BCUT2D eigenvalue weighted by Gasteiger charge is -2.22. The van der Waals surface area contributed by atoms with Gasteiger partial charge in [-0.25, -0.2) is 4.79 Å². The Bertz CT molecular complexity index is 443. The minimum absolute atomic E-state index is 0.359. The Morgan fingerprint density at radius 2 is 1.89 bits per heavy atom. The molecule has 96 valence electrons. The van der Waals surface area contributed by atoms with E-state index in [2.05, 4.69) is 22.1 Å². The lowest BCUT2D eigenvalue weighted by molar-refractivity contribution is -0.141. The molecule has 1 aliphatic carbocycles. The van der Waals surface area contributed by atoms with Crippen molar-refractivity contribution in [3.63, 3.8) is 0 Å². The number of rotatable bonds is 2. The number of hydrogen-bond acceptors (Lipinski definition) is 3. The molecule has 1 aromatic carbocycles. The van der Waals surface area contributed by atoms with Crippen LogP contribution in [0.5, 0.6) is 0 Å². The van der Waals surface area contributed by atoms with Crippen LogP contribution in [0.25, 0.3) is 0 Å². The highest BCUT2D eigenvalue weighted by Gasteiger charge is 2.19. The standard InChI is InChI=1S/C14H16ClNO2/c1-10(17)18-16-14-8-4-12(5-9-14)11-2-6-13(15)7-3-11/h2-3,6-7,12H,4-5,8-9H2,1H3.